The van der Waals surface area contributed by atoms with Crippen LogP contribution in [-0.2, 0) is 11.2 Å². The molecule has 3 heteroatoms. The van der Waals surface area contributed by atoms with Gasteiger partial charge in [0, 0.05) is 5.57 Å². The van der Waals surface area contributed by atoms with Crippen molar-refractivity contribution in [3.05, 3.63) is 47.0 Å². The summed E-state index contributed by atoms with van der Waals surface area (Å²) in [6.45, 7) is 1.86. The number of nitriles is 1. The predicted molar refractivity (Wildman–Crippen MR) is 112 cm³/mol. The van der Waals surface area contributed by atoms with Crippen molar-refractivity contribution in [2.24, 2.45) is 23.7 Å². The number of allylic oxidation sites excluding steroid dienone is 1. The zero-order valence-electron chi connectivity index (χ0n) is 17.1. The molecule has 0 aliphatic heterocycles. The molecule has 1 aromatic rings. The van der Waals surface area contributed by atoms with Gasteiger partial charge in [-0.25, -0.2) is 4.79 Å². The highest BCUT2D eigenvalue weighted by atomic mass is 16.4. The maximum atomic E-state index is 11.4. The molecule has 0 atom stereocenters. The molecule has 0 bridgehead atoms. The number of nitrogens with zero attached hydrogens (tertiary/aromatic N) is 1. The molecule has 2 aliphatic carbocycles. The molecule has 0 amide bonds. The Morgan fingerprint density at radius 1 is 1.04 bits per heavy atom. The van der Waals surface area contributed by atoms with E-state index in [-0.39, 0.29) is 5.92 Å². The molecule has 2 saturated carbocycles. The van der Waals surface area contributed by atoms with E-state index in [0.717, 1.165) is 42.6 Å². The highest BCUT2D eigenvalue weighted by Crippen LogP contribution is 2.43. The Kier molecular flexibility index (Phi) is 7.31. The first-order valence-corrected chi connectivity index (χ1v) is 11.0. The van der Waals surface area contributed by atoms with Crippen LogP contribution in [0.2, 0.25) is 0 Å². The molecule has 28 heavy (non-hydrogen) atoms. The fourth-order valence-corrected chi connectivity index (χ4v) is 5.50. The monoisotopic (exact) mass is 379 g/mol. The quantitative estimate of drug-likeness (QED) is 0.604. The number of hydrogen-bond acceptors (Lipinski definition) is 2. The van der Waals surface area contributed by atoms with Crippen LogP contribution in [0.3, 0.4) is 0 Å². The molecule has 3 nitrogen and oxygen atoms in total. The zero-order valence-corrected chi connectivity index (χ0v) is 17.1. The van der Waals surface area contributed by atoms with E-state index in [1.165, 1.54) is 50.5 Å². The van der Waals surface area contributed by atoms with E-state index in [2.05, 4.69) is 18.2 Å². The van der Waals surface area contributed by atoms with E-state index in [1.54, 1.807) is 6.08 Å². The molecular weight excluding hydrogens is 346 g/mol. The molecule has 3 rings (SSSR count). The molecule has 1 aromatic carbocycles. The van der Waals surface area contributed by atoms with Crippen molar-refractivity contribution in [1.29, 1.82) is 5.26 Å². The topological polar surface area (TPSA) is 61.1 Å². The third kappa shape index (κ3) is 5.25. The minimum atomic E-state index is -0.728. The molecule has 0 unspecified atom stereocenters. The molecule has 0 aromatic heterocycles. The standard InChI is InChI=1S/C25H33NO2/c1-2-24(25(27)28)23-15-13-22(14-16-23)21-11-9-19(10-12-21)4-3-18-5-7-20(17-26)8-6-18/h2,5-8,19,21-23H,3-4,9-16H2,1H3,(H,27,28)/t19-,21-,22-,23-. The van der Waals surface area contributed by atoms with Crippen molar-refractivity contribution in [3.63, 3.8) is 0 Å². The lowest BCUT2D eigenvalue weighted by molar-refractivity contribution is -0.133. The highest BCUT2D eigenvalue weighted by molar-refractivity contribution is 5.87. The van der Waals surface area contributed by atoms with Crippen LogP contribution >= 0.6 is 0 Å². The number of benzene rings is 1. The fraction of sp³-hybridized carbons (Fsp3) is 0.600. The average molecular weight is 380 g/mol. The van der Waals surface area contributed by atoms with Crippen molar-refractivity contribution in [3.8, 4) is 6.07 Å². The molecular formula is C25H33NO2. The summed E-state index contributed by atoms with van der Waals surface area (Å²) in [7, 11) is 0. The number of hydrogen-bond donors (Lipinski definition) is 1. The van der Waals surface area contributed by atoms with E-state index in [9.17, 15) is 9.90 Å². The summed E-state index contributed by atoms with van der Waals surface area (Å²) in [5.41, 5.74) is 2.71. The van der Waals surface area contributed by atoms with Crippen LogP contribution in [0.4, 0.5) is 0 Å². The first-order valence-electron chi connectivity index (χ1n) is 11.0. The van der Waals surface area contributed by atoms with Crippen molar-refractivity contribution < 1.29 is 9.90 Å². The molecule has 0 spiro atoms. The van der Waals surface area contributed by atoms with Crippen LogP contribution in [0.5, 0.6) is 0 Å². The van der Waals surface area contributed by atoms with Gasteiger partial charge in [0.05, 0.1) is 11.6 Å². The number of aliphatic carboxylic acids is 1. The molecule has 0 heterocycles. The lowest BCUT2D eigenvalue weighted by Gasteiger charge is -2.38. The molecule has 0 radical (unpaired) electrons. The second kappa shape index (κ2) is 9.92. The fourth-order valence-electron chi connectivity index (χ4n) is 5.50. The van der Waals surface area contributed by atoms with Gasteiger partial charge in [0.2, 0.25) is 0 Å². The van der Waals surface area contributed by atoms with Gasteiger partial charge in [0.25, 0.3) is 0 Å². The summed E-state index contributed by atoms with van der Waals surface area (Å²) in [4.78, 5) is 11.4. The Labute approximate surface area is 169 Å². The molecule has 0 saturated heterocycles. The number of rotatable bonds is 6. The Balaban J connectivity index is 1.39. The van der Waals surface area contributed by atoms with Gasteiger partial charge in [-0.05, 0) is 99.7 Å². The highest BCUT2D eigenvalue weighted by Gasteiger charge is 2.32. The molecule has 2 fully saturated rings. The van der Waals surface area contributed by atoms with E-state index in [1.807, 2.05) is 19.1 Å². The van der Waals surface area contributed by atoms with Crippen molar-refractivity contribution in [1.82, 2.24) is 0 Å². The SMILES string of the molecule is CC=C(C(=O)O)[C@H]1CC[C@H]([C@H]2CC[C@H](CCc3ccc(C#N)cc3)CC2)CC1. The van der Waals surface area contributed by atoms with Crippen LogP contribution < -0.4 is 0 Å². The maximum Gasteiger partial charge on any atom is 0.331 e. The van der Waals surface area contributed by atoms with Gasteiger partial charge >= 0.3 is 5.97 Å². The van der Waals surface area contributed by atoms with E-state index in [4.69, 9.17) is 5.26 Å². The Morgan fingerprint density at radius 3 is 2.11 bits per heavy atom. The predicted octanol–water partition coefficient (Wildman–Crippen LogP) is 6.13. The summed E-state index contributed by atoms with van der Waals surface area (Å²) < 4.78 is 0. The van der Waals surface area contributed by atoms with Crippen LogP contribution in [0.15, 0.2) is 35.9 Å². The third-order valence-electron chi connectivity index (χ3n) is 7.25. The van der Waals surface area contributed by atoms with Gasteiger partial charge in [0.15, 0.2) is 0 Å². The van der Waals surface area contributed by atoms with Gasteiger partial charge in [0.1, 0.15) is 0 Å². The summed E-state index contributed by atoms with van der Waals surface area (Å²) in [5.74, 6) is 2.04. The first-order chi connectivity index (χ1) is 13.6. The smallest absolute Gasteiger partial charge is 0.331 e. The number of carbonyl (C=O) groups is 1. The largest absolute Gasteiger partial charge is 0.478 e. The van der Waals surface area contributed by atoms with Gasteiger partial charge in [-0.15, -0.1) is 0 Å². The van der Waals surface area contributed by atoms with Crippen LogP contribution in [-0.4, -0.2) is 11.1 Å². The van der Waals surface area contributed by atoms with E-state index in [0.29, 0.717) is 5.57 Å². The molecule has 1 N–H and O–H groups in total. The summed E-state index contributed by atoms with van der Waals surface area (Å²) >= 11 is 0. The van der Waals surface area contributed by atoms with Crippen LogP contribution in [0.1, 0.15) is 75.8 Å². The van der Waals surface area contributed by atoms with E-state index < -0.39 is 5.97 Å². The van der Waals surface area contributed by atoms with Crippen LogP contribution in [0, 0.1) is 35.0 Å². The zero-order chi connectivity index (χ0) is 19.9. The molecule has 2 aliphatic rings. The minimum Gasteiger partial charge on any atom is -0.478 e. The average Bonchev–Trinajstić information content (AvgIpc) is 2.74. The van der Waals surface area contributed by atoms with Crippen molar-refractivity contribution in [2.45, 2.75) is 71.1 Å². The number of carboxylic acids is 1. The number of carboxylic acid groups (broad SMARTS) is 1. The first kappa shape index (κ1) is 20.6. The van der Waals surface area contributed by atoms with E-state index >= 15 is 0 Å². The Bertz CT molecular complexity index is 712. The third-order valence-corrected chi connectivity index (χ3v) is 7.25. The summed E-state index contributed by atoms with van der Waals surface area (Å²) in [6.07, 6.45) is 14.1. The maximum absolute atomic E-state index is 11.4. The lowest BCUT2D eigenvalue weighted by atomic mass is 9.67. The Morgan fingerprint density at radius 2 is 1.61 bits per heavy atom. The second-order valence-electron chi connectivity index (χ2n) is 8.79. The second-order valence-corrected chi connectivity index (χ2v) is 8.79. The summed E-state index contributed by atoms with van der Waals surface area (Å²) in [5, 5.41) is 18.2. The number of aryl methyl sites for hydroxylation is 1. The van der Waals surface area contributed by atoms with Crippen LogP contribution in [0.25, 0.3) is 0 Å². The van der Waals surface area contributed by atoms with Gasteiger partial charge in [-0.1, -0.05) is 31.1 Å². The van der Waals surface area contributed by atoms with Gasteiger partial charge in [-0.2, -0.15) is 5.26 Å². The van der Waals surface area contributed by atoms with Gasteiger partial charge in [-0.3, -0.25) is 0 Å². The normalized spacial score (nSPS) is 28.5. The van der Waals surface area contributed by atoms with Gasteiger partial charge < -0.3 is 5.11 Å². The summed E-state index contributed by atoms with van der Waals surface area (Å²) in [6, 6.07) is 10.2. The Hall–Kier alpha value is -2.08. The lowest BCUT2D eigenvalue weighted by Crippen LogP contribution is -2.27. The van der Waals surface area contributed by atoms with Crippen molar-refractivity contribution in [2.75, 3.05) is 0 Å². The molecule has 150 valence electrons. The van der Waals surface area contributed by atoms with Crippen molar-refractivity contribution >= 4 is 5.97 Å². The minimum absolute atomic E-state index is 0.266.